The molecule has 1 saturated carbocycles. The Morgan fingerprint density at radius 2 is 0.600 bits per heavy atom. The van der Waals surface area contributed by atoms with Gasteiger partial charge >= 0.3 is 0 Å². The van der Waals surface area contributed by atoms with Gasteiger partial charge in [-0.15, -0.1) is 0 Å². The lowest BCUT2D eigenvalue weighted by molar-refractivity contribution is 0.466. The van der Waals surface area contributed by atoms with Crippen LogP contribution in [-0.4, -0.2) is 0 Å². The van der Waals surface area contributed by atoms with E-state index in [1.807, 2.05) is 0 Å². The quantitative estimate of drug-likeness (QED) is 0.0646. The van der Waals surface area contributed by atoms with Crippen LogP contribution in [0.15, 0.2) is 0 Å². The highest BCUT2D eigenvalue weighted by atomic mass is 14.4. The van der Waals surface area contributed by atoms with E-state index in [1.54, 1.807) is 0 Å². The van der Waals surface area contributed by atoms with Crippen LogP contribution in [0.1, 0.15) is 274 Å². The molecular weight excluding hydrogens is 540 g/mol. The lowest BCUT2D eigenvalue weighted by Gasteiger charge is -2.07. The maximum Gasteiger partial charge on any atom is -0.0325 e. The summed E-state index contributed by atoms with van der Waals surface area (Å²) < 4.78 is 0. The monoisotopic (exact) mass is 635 g/mol. The Morgan fingerprint density at radius 3 is 0.844 bits per heavy atom. The van der Waals surface area contributed by atoms with Crippen molar-refractivity contribution in [3.63, 3.8) is 0 Å². The molecule has 1 rings (SSSR count). The Bertz CT molecular complexity index is 502. The standard InChI is InChI=1S/C16H32.C15H32.C14H30/c1-3-4-5-6-7-8-9-10-11-12-13-16(2)14-15-16;1-4-6-7-8-9-10-11-12-13-14-15(3)5-2;1-4-6-7-8-9-10-11-12-13-14(3)5-2/h3-15H2,1-2H3;15H,4-14H2,1-3H3;14H,4-13H2,1-3H3. The molecule has 1 aliphatic carbocycles. The molecule has 0 radical (unpaired) electrons. The second-order valence-electron chi connectivity index (χ2n) is 16.2. The molecule has 0 N–H and O–H groups in total. The summed E-state index contributed by atoms with van der Waals surface area (Å²) in [6, 6.07) is 0. The topological polar surface area (TPSA) is 0 Å². The van der Waals surface area contributed by atoms with E-state index in [2.05, 4.69) is 55.4 Å². The van der Waals surface area contributed by atoms with E-state index < -0.39 is 0 Å². The van der Waals surface area contributed by atoms with Gasteiger partial charge in [-0.1, -0.05) is 254 Å². The van der Waals surface area contributed by atoms with Gasteiger partial charge in [-0.25, -0.2) is 0 Å². The van der Waals surface area contributed by atoms with Crippen LogP contribution in [-0.2, 0) is 0 Å². The molecule has 2 unspecified atom stereocenters. The summed E-state index contributed by atoms with van der Waals surface area (Å²) in [5.74, 6) is 1.91. The van der Waals surface area contributed by atoms with E-state index >= 15 is 0 Å². The highest BCUT2D eigenvalue weighted by molar-refractivity contribution is 4.87. The zero-order valence-electron chi connectivity index (χ0n) is 33.7. The molecule has 1 fully saturated rings. The molecule has 0 saturated heterocycles. The van der Waals surface area contributed by atoms with Crippen LogP contribution >= 0.6 is 0 Å². The predicted molar refractivity (Wildman–Crippen MR) is 212 cm³/mol. The third-order valence-corrected chi connectivity index (χ3v) is 11.0. The van der Waals surface area contributed by atoms with Gasteiger partial charge in [0.1, 0.15) is 0 Å². The Kier molecular flexibility index (Phi) is 40.3. The fourth-order valence-electron chi connectivity index (χ4n) is 6.34. The van der Waals surface area contributed by atoms with Crippen LogP contribution in [0.3, 0.4) is 0 Å². The van der Waals surface area contributed by atoms with E-state index in [4.69, 9.17) is 0 Å². The summed E-state index contributed by atoms with van der Waals surface area (Å²) in [4.78, 5) is 0. The maximum atomic E-state index is 2.46. The van der Waals surface area contributed by atoms with E-state index in [1.165, 1.54) is 218 Å². The largest absolute Gasteiger partial charge is 0.0654 e. The van der Waals surface area contributed by atoms with Crippen molar-refractivity contribution >= 4 is 0 Å². The van der Waals surface area contributed by atoms with Gasteiger partial charge < -0.3 is 0 Å². The summed E-state index contributed by atoms with van der Waals surface area (Å²) in [5.41, 5.74) is 0.792. The molecule has 45 heavy (non-hydrogen) atoms. The summed E-state index contributed by atoms with van der Waals surface area (Å²) in [5, 5.41) is 0. The average molecular weight is 635 g/mol. The zero-order valence-corrected chi connectivity index (χ0v) is 33.7. The van der Waals surface area contributed by atoms with Crippen LogP contribution < -0.4 is 0 Å². The molecule has 0 heteroatoms. The van der Waals surface area contributed by atoms with Crippen LogP contribution in [0.5, 0.6) is 0 Å². The Morgan fingerprint density at radius 1 is 0.356 bits per heavy atom. The van der Waals surface area contributed by atoms with Gasteiger partial charge in [0.2, 0.25) is 0 Å². The molecule has 2 atom stereocenters. The summed E-state index contributed by atoms with van der Waals surface area (Å²) in [6.07, 6.45) is 49.5. The SMILES string of the molecule is CCCCCCCCCCC(C)CC.CCCCCCCCCCCC(C)CC.CCCCCCCCCCCCC1(C)CC1. The Hall–Kier alpha value is 0. The fourth-order valence-corrected chi connectivity index (χ4v) is 6.34. The maximum absolute atomic E-state index is 2.46. The number of unbranched alkanes of at least 4 members (excludes halogenated alkanes) is 24. The number of rotatable bonds is 32. The van der Waals surface area contributed by atoms with Crippen molar-refractivity contribution in [1.82, 2.24) is 0 Å². The fraction of sp³-hybridized carbons (Fsp3) is 1.00. The molecular formula is C45H94. The molecule has 0 spiro atoms. The van der Waals surface area contributed by atoms with Crippen molar-refractivity contribution in [2.24, 2.45) is 17.3 Å². The van der Waals surface area contributed by atoms with Crippen molar-refractivity contribution in [2.45, 2.75) is 274 Å². The molecule has 0 aliphatic heterocycles. The van der Waals surface area contributed by atoms with Gasteiger partial charge in [0.05, 0.1) is 0 Å². The van der Waals surface area contributed by atoms with Crippen molar-refractivity contribution in [1.29, 1.82) is 0 Å². The van der Waals surface area contributed by atoms with Crippen molar-refractivity contribution in [3.8, 4) is 0 Å². The first-order valence-electron chi connectivity index (χ1n) is 21.9. The minimum absolute atomic E-state index is 0.792. The first-order valence-corrected chi connectivity index (χ1v) is 21.9. The predicted octanol–water partition coefficient (Wildman–Crippen LogP) is 17.6. The van der Waals surface area contributed by atoms with Gasteiger partial charge in [-0.05, 0) is 36.5 Å². The third-order valence-electron chi connectivity index (χ3n) is 11.0. The second-order valence-corrected chi connectivity index (χ2v) is 16.2. The molecule has 0 bridgehead atoms. The molecule has 274 valence electrons. The lowest BCUT2D eigenvalue weighted by Crippen LogP contribution is -1.92. The van der Waals surface area contributed by atoms with Crippen molar-refractivity contribution < 1.29 is 0 Å². The molecule has 0 amide bonds. The van der Waals surface area contributed by atoms with E-state index in [9.17, 15) is 0 Å². The average Bonchev–Trinajstić information content (AvgIpc) is 3.79. The molecule has 0 nitrogen and oxygen atoms in total. The van der Waals surface area contributed by atoms with Crippen molar-refractivity contribution in [2.75, 3.05) is 0 Å². The first-order chi connectivity index (χ1) is 21.9. The van der Waals surface area contributed by atoms with Crippen LogP contribution in [0.2, 0.25) is 0 Å². The molecule has 0 aromatic rings. The van der Waals surface area contributed by atoms with Crippen LogP contribution in [0.25, 0.3) is 0 Å². The van der Waals surface area contributed by atoms with Crippen LogP contribution in [0, 0.1) is 17.3 Å². The van der Waals surface area contributed by atoms with Gasteiger partial charge in [-0.3, -0.25) is 0 Å². The normalized spacial score (nSPS) is 14.7. The molecule has 0 aromatic heterocycles. The highest BCUT2D eigenvalue weighted by Crippen LogP contribution is 2.49. The first kappa shape index (κ1) is 47.1. The molecule has 1 aliphatic rings. The third kappa shape index (κ3) is 42.0. The number of hydrogen-bond acceptors (Lipinski definition) is 0. The van der Waals surface area contributed by atoms with Crippen molar-refractivity contribution in [3.05, 3.63) is 0 Å². The van der Waals surface area contributed by atoms with Gasteiger partial charge in [0.25, 0.3) is 0 Å². The summed E-state index contributed by atoms with van der Waals surface area (Å²) >= 11 is 0. The minimum atomic E-state index is 0.792. The van der Waals surface area contributed by atoms with E-state index in [-0.39, 0.29) is 0 Å². The lowest BCUT2D eigenvalue weighted by atomic mass is 9.99. The second kappa shape index (κ2) is 38.4. The summed E-state index contributed by atoms with van der Waals surface area (Å²) in [7, 11) is 0. The van der Waals surface area contributed by atoms with Gasteiger partial charge in [0.15, 0.2) is 0 Å². The van der Waals surface area contributed by atoms with Gasteiger partial charge in [-0.2, -0.15) is 0 Å². The Balaban J connectivity index is 0. The minimum Gasteiger partial charge on any atom is -0.0654 e. The van der Waals surface area contributed by atoms with Gasteiger partial charge in [0, 0.05) is 0 Å². The Labute approximate surface area is 290 Å². The highest BCUT2D eigenvalue weighted by Gasteiger charge is 2.35. The van der Waals surface area contributed by atoms with Crippen LogP contribution in [0.4, 0.5) is 0 Å². The van der Waals surface area contributed by atoms with E-state index in [0.29, 0.717) is 0 Å². The number of hydrogen-bond donors (Lipinski definition) is 0. The zero-order chi connectivity index (χ0) is 33.7. The molecule has 0 heterocycles. The molecule has 0 aromatic carbocycles. The smallest absolute Gasteiger partial charge is 0.0325 e. The summed E-state index contributed by atoms with van der Waals surface area (Å²) in [6.45, 7) is 18.7. The van der Waals surface area contributed by atoms with E-state index in [0.717, 1.165) is 17.3 Å².